The zero-order valence-electron chi connectivity index (χ0n) is 10.5. The maximum Gasteiger partial charge on any atom is 0.267 e. The summed E-state index contributed by atoms with van der Waals surface area (Å²) in [4.78, 5) is 14.7. The minimum absolute atomic E-state index is 0.0948. The van der Waals surface area contributed by atoms with Crippen molar-refractivity contribution in [2.24, 2.45) is 5.11 Å². The number of carbonyl (C=O) groups excluding carboxylic acids is 1. The van der Waals surface area contributed by atoms with Gasteiger partial charge in [-0.2, -0.15) is 0 Å². The van der Waals surface area contributed by atoms with Gasteiger partial charge in [0.25, 0.3) is 5.91 Å². The zero-order valence-corrected chi connectivity index (χ0v) is 11.3. The van der Waals surface area contributed by atoms with Crippen LogP contribution < -0.4 is 5.32 Å². The van der Waals surface area contributed by atoms with Crippen LogP contribution in [-0.4, -0.2) is 23.6 Å². The number of carbonyl (C=O) groups is 1. The van der Waals surface area contributed by atoms with Gasteiger partial charge >= 0.3 is 0 Å². The van der Waals surface area contributed by atoms with E-state index in [4.69, 9.17) is 17.1 Å². The maximum atomic E-state index is 12.0. The molecule has 2 rings (SSSR count). The summed E-state index contributed by atoms with van der Waals surface area (Å²) < 4.78 is 1.96. The van der Waals surface area contributed by atoms with Crippen molar-refractivity contribution in [1.29, 1.82) is 0 Å². The van der Waals surface area contributed by atoms with Crippen molar-refractivity contribution in [3.05, 3.63) is 33.4 Å². The van der Waals surface area contributed by atoms with Crippen molar-refractivity contribution in [3.63, 3.8) is 0 Å². The highest BCUT2D eigenvalue weighted by atomic mass is 35.5. The number of hydrogen-bond donors (Lipinski definition) is 1. The molecular weight excluding hydrogens is 266 g/mol. The molecule has 1 aliphatic rings. The molecule has 1 aliphatic carbocycles. The molecule has 0 atom stereocenters. The number of amides is 1. The van der Waals surface area contributed by atoms with Crippen molar-refractivity contribution < 1.29 is 4.79 Å². The Morgan fingerprint density at radius 1 is 1.58 bits per heavy atom. The van der Waals surface area contributed by atoms with Gasteiger partial charge in [0.15, 0.2) is 0 Å². The van der Waals surface area contributed by atoms with E-state index < -0.39 is 0 Å². The van der Waals surface area contributed by atoms with Gasteiger partial charge in [-0.3, -0.25) is 4.79 Å². The molecule has 0 aliphatic heterocycles. The van der Waals surface area contributed by atoms with E-state index >= 15 is 0 Å². The topological polar surface area (TPSA) is 82.8 Å². The lowest BCUT2D eigenvalue weighted by atomic mass is 10.3. The van der Waals surface area contributed by atoms with Crippen LogP contribution in [0, 0.1) is 0 Å². The molecule has 19 heavy (non-hydrogen) atoms. The summed E-state index contributed by atoms with van der Waals surface area (Å²) >= 11 is 5.95. The van der Waals surface area contributed by atoms with Gasteiger partial charge in [0.2, 0.25) is 0 Å². The largest absolute Gasteiger partial charge is 0.351 e. The smallest absolute Gasteiger partial charge is 0.267 e. The van der Waals surface area contributed by atoms with Crippen molar-refractivity contribution in [2.75, 3.05) is 13.1 Å². The number of nitrogens with one attached hydrogen (secondary N) is 1. The average Bonchev–Trinajstić information content (AvgIpc) is 3.16. The van der Waals surface area contributed by atoms with Crippen LogP contribution in [0.1, 0.15) is 42.2 Å². The molecule has 7 heteroatoms. The summed E-state index contributed by atoms with van der Waals surface area (Å²) in [6.45, 7) is 1.05. The summed E-state index contributed by atoms with van der Waals surface area (Å²) in [6.07, 6.45) is 5.60. The summed E-state index contributed by atoms with van der Waals surface area (Å²) in [5, 5.41) is 6.90. The van der Waals surface area contributed by atoms with E-state index in [0.29, 0.717) is 29.8 Å². The van der Waals surface area contributed by atoms with Gasteiger partial charge < -0.3 is 9.88 Å². The quantitative estimate of drug-likeness (QED) is 0.354. The van der Waals surface area contributed by atoms with E-state index in [1.165, 1.54) is 0 Å². The standard InChI is InChI=1S/C12H16ClN5O/c13-9-7-11(18(8-9)10-3-4-10)12(19)15-5-1-2-6-16-17-14/h7-8,10H,1-6H2,(H,15,19). The molecule has 0 bridgehead atoms. The van der Waals surface area contributed by atoms with E-state index in [2.05, 4.69) is 15.3 Å². The monoisotopic (exact) mass is 281 g/mol. The summed E-state index contributed by atoms with van der Waals surface area (Å²) in [5.74, 6) is -0.0948. The maximum absolute atomic E-state index is 12.0. The number of rotatable bonds is 7. The third-order valence-electron chi connectivity index (χ3n) is 3.02. The molecule has 1 amide bonds. The van der Waals surface area contributed by atoms with Gasteiger partial charge in [-0.05, 0) is 37.3 Å². The van der Waals surface area contributed by atoms with Crippen molar-refractivity contribution >= 4 is 17.5 Å². The molecule has 1 heterocycles. The Hall–Kier alpha value is -1.65. The van der Waals surface area contributed by atoms with Crippen molar-refractivity contribution in [1.82, 2.24) is 9.88 Å². The number of hydrogen-bond acceptors (Lipinski definition) is 2. The second kappa shape index (κ2) is 6.50. The third-order valence-corrected chi connectivity index (χ3v) is 3.23. The average molecular weight is 282 g/mol. The first-order chi connectivity index (χ1) is 9.22. The van der Waals surface area contributed by atoms with Crippen molar-refractivity contribution in [2.45, 2.75) is 31.7 Å². The third kappa shape index (κ3) is 3.91. The normalized spacial score (nSPS) is 13.9. The molecule has 1 fully saturated rings. The molecule has 1 N–H and O–H groups in total. The SMILES string of the molecule is [N-]=[N+]=NCCCCNC(=O)c1cc(Cl)cn1C1CC1. The number of aromatic nitrogens is 1. The predicted molar refractivity (Wildman–Crippen MR) is 73.3 cm³/mol. The van der Waals surface area contributed by atoms with E-state index in [1.807, 2.05) is 10.8 Å². The molecule has 0 unspecified atom stereocenters. The molecule has 6 nitrogen and oxygen atoms in total. The lowest BCUT2D eigenvalue weighted by molar-refractivity contribution is 0.0943. The summed E-state index contributed by atoms with van der Waals surface area (Å²) in [7, 11) is 0. The number of nitrogens with zero attached hydrogens (tertiary/aromatic N) is 4. The lowest BCUT2D eigenvalue weighted by Gasteiger charge is -2.08. The van der Waals surface area contributed by atoms with E-state index in [-0.39, 0.29) is 5.91 Å². The fourth-order valence-corrected chi connectivity index (χ4v) is 2.14. The van der Waals surface area contributed by atoms with Crippen LogP contribution in [0.2, 0.25) is 5.02 Å². The first kappa shape index (κ1) is 13.8. The van der Waals surface area contributed by atoms with Gasteiger partial charge in [-0.25, -0.2) is 0 Å². The highest BCUT2D eigenvalue weighted by Crippen LogP contribution is 2.37. The number of unbranched alkanes of at least 4 members (excludes halogenated alkanes) is 1. The van der Waals surface area contributed by atoms with Crippen molar-refractivity contribution in [3.8, 4) is 0 Å². The summed E-state index contributed by atoms with van der Waals surface area (Å²) in [5.41, 5.74) is 8.75. The molecule has 0 radical (unpaired) electrons. The van der Waals surface area contributed by atoms with Gasteiger partial charge in [0, 0.05) is 30.2 Å². The van der Waals surface area contributed by atoms with Crippen LogP contribution in [0.25, 0.3) is 10.4 Å². The first-order valence-corrected chi connectivity index (χ1v) is 6.76. The highest BCUT2D eigenvalue weighted by molar-refractivity contribution is 6.31. The van der Waals surface area contributed by atoms with E-state index in [0.717, 1.165) is 25.7 Å². The fourth-order valence-electron chi connectivity index (χ4n) is 1.93. The second-order valence-electron chi connectivity index (χ2n) is 4.60. The highest BCUT2D eigenvalue weighted by Gasteiger charge is 2.27. The lowest BCUT2D eigenvalue weighted by Crippen LogP contribution is -2.26. The Morgan fingerprint density at radius 3 is 3.05 bits per heavy atom. The van der Waals surface area contributed by atoms with Gasteiger partial charge in [0.1, 0.15) is 5.69 Å². The molecule has 0 spiro atoms. The second-order valence-corrected chi connectivity index (χ2v) is 5.04. The predicted octanol–water partition coefficient (Wildman–Crippen LogP) is 3.30. The molecular formula is C12H16ClN5O. The van der Waals surface area contributed by atoms with Gasteiger partial charge in [-0.1, -0.05) is 16.7 Å². The Morgan fingerprint density at radius 2 is 2.37 bits per heavy atom. The van der Waals surface area contributed by atoms with Crippen LogP contribution >= 0.6 is 11.6 Å². The molecule has 1 aromatic heterocycles. The molecule has 0 aromatic carbocycles. The minimum atomic E-state index is -0.0948. The fraction of sp³-hybridized carbons (Fsp3) is 0.583. The molecule has 0 saturated heterocycles. The Balaban J connectivity index is 1.81. The first-order valence-electron chi connectivity index (χ1n) is 6.39. The van der Waals surface area contributed by atoms with Crippen LogP contribution in [-0.2, 0) is 0 Å². The van der Waals surface area contributed by atoms with Crippen LogP contribution in [0.15, 0.2) is 17.4 Å². The summed E-state index contributed by atoms with van der Waals surface area (Å²) in [6, 6.07) is 2.13. The van der Waals surface area contributed by atoms with Gasteiger partial charge in [0.05, 0.1) is 5.02 Å². The van der Waals surface area contributed by atoms with Crippen LogP contribution in [0.5, 0.6) is 0 Å². The van der Waals surface area contributed by atoms with Crippen LogP contribution in [0.4, 0.5) is 0 Å². The number of halogens is 1. The van der Waals surface area contributed by atoms with Crippen LogP contribution in [0.3, 0.4) is 0 Å². The zero-order chi connectivity index (χ0) is 13.7. The van der Waals surface area contributed by atoms with E-state index in [1.54, 1.807) is 6.07 Å². The molecule has 102 valence electrons. The van der Waals surface area contributed by atoms with Gasteiger partial charge in [-0.15, -0.1) is 0 Å². The molecule has 1 saturated carbocycles. The number of azide groups is 1. The molecule has 1 aromatic rings. The Kier molecular flexibility index (Phi) is 4.71. The van der Waals surface area contributed by atoms with E-state index in [9.17, 15) is 4.79 Å². The Labute approximate surface area is 116 Å². The minimum Gasteiger partial charge on any atom is -0.351 e. The Bertz CT molecular complexity index is 502.